The molecule has 0 bridgehead atoms. The predicted octanol–water partition coefficient (Wildman–Crippen LogP) is 14.7. The maximum Gasteiger partial charge on any atom is 0.0136 e. The minimum Gasteiger partial charge on any atom is -0.0622 e. The van der Waals surface area contributed by atoms with E-state index in [0.29, 0.717) is 0 Å². The maximum atomic E-state index is 2.41. The van der Waals surface area contributed by atoms with E-state index in [0.717, 1.165) is 19.3 Å². The van der Waals surface area contributed by atoms with Crippen molar-refractivity contribution in [2.45, 2.75) is 31.1 Å². The van der Waals surface area contributed by atoms with Gasteiger partial charge in [0.05, 0.1) is 0 Å². The van der Waals surface area contributed by atoms with Crippen molar-refractivity contribution in [3.05, 3.63) is 262 Å². The van der Waals surface area contributed by atoms with Crippen molar-refractivity contribution in [2.75, 3.05) is 0 Å². The Kier molecular flexibility index (Phi) is 8.29. The molecule has 2 atom stereocenters. The molecule has 3 aliphatic carbocycles. The molecule has 0 saturated carbocycles. The van der Waals surface area contributed by atoms with Gasteiger partial charge in [0.15, 0.2) is 0 Å². The lowest BCUT2D eigenvalue weighted by Crippen LogP contribution is -2.16. The van der Waals surface area contributed by atoms with E-state index in [-0.39, 0.29) is 11.8 Å². The molecule has 0 saturated heterocycles. The van der Waals surface area contributed by atoms with Crippen LogP contribution in [0.3, 0.4) is 0 Å². The average molecular weight is 727 g/mol. The fourth-order valence-corrected chi connectivity index (χ4v) is 10.1. The fraction of sp³-hybridized carbons (Fsp3) is 0.0877. The summed E-state index contributed by atoms with van der Waals surface area (Å²) < 4.78 is 0. The van der Waals surface area contributed by atoms with Gasteiger partial charge in [0.25, 0.3) is 0 Å². The molecule has 8 aromatic carbocycles. The third-order valence-electron chi connectivity index (χ3n) is 12.8. The molecule has 0 aliphatic heterocycles. The van der Waals surface area contributed by atoms with E-state index < -0.39 is 0 Å². The molecule has 0 aromatic heterocycles. The number of fused-ring (bicyclic) bond motifs is 10. The van der Waals surface area contributed by atoms with E-state index in [4.69, 9.17) is 0 Å². The van der Waals surface area contributed by atoms with E-state index in [1.807, 2.05) is 0 Å². The van der Waals surface area contributed by atoms with Crippen LogP contribution in [-0.4, -0.2) is 0 Å². The Labute approximate surface area is 336 Å². The molecule has 3 aliphatic rings. The van der Waals surface area contributed by atoms with Crippen LogP contribution in [0.25, 0.3) is 44.5 Å². The third kappa shape index (κ3) is 5.75. The highest BCUT2D eigenvalue weighted by molar-refractivity contribution is 6.12. The minimum absolute atomic E-state index is 0.246. The molecule has 11 rings (SSSR count). The first-order valence-corrected chi connectivity index (χ1v) is 20.5. The zero-order chi connectivity index (χ0) is 37.7. The summed E-state index contributed by atoms with van der Waals surface area (Å²) >= 11 is 0. The van der Waals surface area contributed by atoms with Gasteiger partial charge in [0.1, 0.15) is 0 Å². The van der Waals surface area contributed by atoms with Crippen LogP contribution in [0.5, 0.6) is 0 Å². The Hall–Kier alpha value is -6.76. The summed E-state index contributed by atoms with van der Waals surface area (Å²) in [5.41, 5.74) is 24.4. The molecule has 0 amide bonds. The van der Waals surface area contributed by atoms with Gasteiger partial charge in [-0.1, -0.05) is 206 Å². The van der Waals surface area contributed by atoms with Gasteiger partial charge in [-0.05, 0) is 119 Å². The molecule has 0 radical (unpaired) electrons. The zero-order valence-electron chi connectivity index (χ0n) is 31.9. The lowest BCUT2D eigenvalue weighted by atomic mass is 9.68. The van der Waals surface area contributed by atoms with Gasteiger partial charge in [-0.3, -0.25) is 0 Å². The first-order valence-electron chi connectivity index (χ1n) is 20.5. The monoisotopic (exact) mass is 726 g/mol. The van der Waals surface area contributed by atoms with Crippen molar-refractivity contribution in [2.24, 2.45) is 0 Å². The van der Waals surface area contributed by atoms with Crippen molar-refractivity contribution in [1.29, 1.82) is 0 Å². The fourth-order valence-electron chi connectivity index (χ4n) is 10.1. The van der Waals surface area contributed by atoms with Gasteiger partial charge in [-0.2, -0.15) is 0 Å². The summed E-state index contributed by atoms with van der Waals surface area (Å²) in [6.07, 6.45) is 2.98. The molecule has 270 valence electrons. The third-order valence-corrected chi connectivity index (χ3v) is 12.8. The number of hydrogen-bond donors (Lipinski definition) is 0. The Morgan fingerprint density at radius 3 is 1.18 bits per heavy atom. The highest BCUT2D eigenvalue weighted by atomic mass is 14.4. The van der Waals surface area contributed by atoms with E-state index in [1.165, 1.54) is 100 Å². The second kappa shape index (κ2) is 14.1. The Bertz CT molecular complexity index is 2830. The van der Waals surface area contributed by atoms with E-state index in [9.17, 15) is 0 Å². The highest BCUT2D eigenvalue weighted by Gasteiger charge is 2.35. The molecule has 0 heteroatoms. The second-order valence-electron chi connectivity index (χ2n) is 15.8. The smallest absolute Gasteiger partial charge is 0.0136 e. The largest absolute Gasteiger partial charge is 0.0622 e. The van der Waals surface area contributed by atoms with Crippen LogP contribution in [0.15, 0.2) is 206 Å². The quantitative estimate of drug-likeness (QED) is 0.169. The van der Waals surface area contributed by atoms with E-state index >= 15 is 0 Å². The summed E-state index contributed by atoms with van der Waals surface area (Å²) in [7, 11) is 0. The van der Waals surface area contributed by atoms with Gasteiger partial charge >= 0.3 is 0 Å². The van der Waals surface area contributed by atoms with Crippen molar-refractivity contribution in [3.8, 4) is 22.3 Å². The lowest BCUT2D eigenvalue weighted by molar-refractivity contribution is 0.740. The van der Waals surface area contributed by atoms with Crippen molar-refractivity contribution in [1.82, 2.24) is 0 Å². The molecular weight excluding hydrogens is 685 g/mol. The van der Waals surface area contributed by atoms with Crippen LogP contribution in [0, 0.1) is 0 Å². The number of allylic oxidation sites excluding steroid dienone is 2. The zero-order valence-corrected chi connectivity index (χ0v) is 31.9. The van der Waals surface area contributed by atoms with Crippen LogP contribution < -0.4 is 0 Å². The average Bonchev–Trinajstić information content (AvgIpc) is 3.46. The maximum absolute atomic E-state index is 2.41. The topological polar surface area (TPSA) is 0 Å². The highest BCUT2D eigenvalue weighted by Crippen LogP contribution is 2.55. The normalized spacial score (nSPS) is 16.8. The van der Waals surface area contributed by atoms with Gasteiger partial charge in [-0.25, -0.2) is 0 Å². The Morgan fingerprint density at radius 1 is 0.281 bits per heavy atom. The van der Waals surface area contributed by atoms with Gasteiger partial charge in [0, 0.05) is 11.8 Å². The first-order chi connectivity index (χ1) is 28.3. The Balaban J connectivity index is 1.08. The van der Waals surface area contributed by atoms with Gasteiger partial charge < -0.3 is 0 Å². The summed E-state index contributed by atoms with van der Waals surface area (Å²) in [6.45, 7) is 0. The standard InChI is InChI=1S/C57H42/c1-3-15-38(16-4-1)40-27-31-42(32-28-40)44-35-36-53-46-20-7-8-21-47(46)55-37-54(43-33-29-41(30-34-43)39-17-5-2-6-18-39)48-22-10-12-24-50(48)57(55)52-26-14-13-25-51(52)56(53)49-23-11-9-19-45(44)49/h1-34,44,54H,35-37H2. The summed E-state index contributed by atoms with van der Waals surface area (Å²) in [5, 5.41) is 0. The van der Waals surface area contributed by atoms with Crippen LogP contribution >= 0.6 is 0 Å². The van der Waals surface area contributed by atoms with Gasteiger partial charge in [-0.15, -0.1) is 0 Å². The molecule has 8 aromatic rings. The van der Waals surface area contributed by atoms with Gasteiger partial charge in [0.2, 0.25) is 0 Å². The van der Waals surface area contributed by atoms with E-state index in [2.05, 4.69) is 206 Å². The molecule has 57 heavy (non-hydrogen) atoms. The van der Waals surface area contributed by atoms with Crippen molar-refractivity contribution < 1.29 is 0 Å². The molecule has 0 N–H and O–H groups in total. The summed E-state index contributed by atoms with van der Waals surface area (Å²) in [6, 6.07) is 77.3. The number of benzene rings is 8. The SMILES string of the molecule is c1ccc(-c2ccc(C3CCC4=C(c5ccccc5C5=C(CC(c6ccc(-c7ccccc7)cc6)c6ccccc65)c5ccccc54)c4ccccc43)cc2)cc1. The molecule has 0 spiro atoms. The molecule has 0 nitrogen and oxygen atoms in total. The summed E-state index contributed by atoms with van der Waals surface area (Å²) in [5.74, 6) is 0.529. The predicted molar refractivity (Wildman–Crippen MR) is 239 cm³/mol. The molecule has 0 fully saturated rings. The number of rotatable bonds is 4. The van der Waals surface area contributed by atoms with Crippen molar-refractivity contribution >= 4 is 22.3 Å². The molecule has 2 unspecified atom stereocenters. The lowest BCUT2D eigenvalue weighted by Gasteiger charge is -2.35. The van der Waals surface area contributed by atoms with E-state index in [1.54, 1.807) is 0 Å². The summed E-state index contributed by atoms with van der Waals surface area (Å²) in [4.78, 5) is 0. The van der Waals surface area contributed by atoms with Crippen LogP contribution in [-0.2, 0) is 0 Å². The van der Waals surface area contributed by atoms with Crippen LogP contribution in [0.4, 0.5) is 0 Å². The molecule has 0 heterocycles. The Morgan fingerprint density at radius 2 is 0.649 bits per heavy atom. The van der Waals surface area contributed by atoms with Crippen LogP contribution in [0.1, 0.15) is 86.7 Å². The number of hydrogen-bond acceptors (Lipinski definition) is 0. The molecular formula is C57H42. The first kappa shape index (κ1) is 33.6. The minimum atomic E-state index is 0.246. The van der Waals surface area contributed by atoms with Crippen molar-refractivity contribution in [3.63, 3.8) is 0 Å². The second-order valence-corrected chi connectivity index (χ2v) is 15.8. The van der Waals surface area contributed by atoms with Crippen LogP contribution in [0.2, 0.25) is 0 Å².